The predicted octanol–water partition coefficient (Wildman–Crippen LogP) is 4.23. The Morgan fingerprint density at radius 3 is 2.28 bits per heavy atom. The number of rotatable bonds is 5. The van der Waals surface area contributed by atoms with Gasteiger partial charge in [-0.15, -0.1) is 0 Å². The van der Waals surface area contributed by atoms with Gasteiger partial charge in [-0.1, -0.05) is 42.1 Å². The molecule has 0 amide bonds. The maximum Gasteiger partial charge on any atom is 0.341 e. The normalized spacial score (nSPS) is 11.8. The molecule has 0 spiro atoms. The van der Waals surface area contributed by atoms with E-state index in [-0.39, 0.29) is 0 Å². The number of hydrogen-bond donors (Lipinski definition) is 0. The van der Waals surface area contributed by atoms with E-state index in [1.807, 2.05) is 41.9 Å². The van der Waals surface area contributed by atoms with E-state index >= 15 is 0 Å². The van der Waals surface area contributed by atoms with Crippen LogP contribution in [0.15, 0.2) is 75.7 Å². The van der Waals surface area contributed by atoms with Gasteiger partial charge in [-0.25, -0.2) is 13.4 Å². The molecule has 4 nitrogen and oxygen atoms in total. The van der Waals surface area contributed by atoms with Crippen LogP contribution in [0.2, 0.25) is 0 Å². The Kier molecular flexibility index (Phi) is 4.91. The summed E-state index contributed by atoms with van der Waals surface area (Å²) in [6.07, 6.45) is 1.76. The largest absolute Gasteiger partial charge is 0.341 e. The van der Waals surface area contributed by atoms with E-state index in [4.69, 9.17) is 0 Å². The van der Waals surface area contributed by atoms with E-state index in [0.29, 0.717) is 10.1 Å². The lowest BCUT2D eigenvalue weighted by Gasteiger charge is -2.07. The zero-order chi connectivity index (χ0) is 18.0. The zero-order valence-electron chi connectivity index (χ0n) is 13.1. The number of hydrogen-bond acceptors (Lipinski definition) is 4. The lowest BCUT2D eigenvalue weighted by atomic mass is 10.2. The molecule has 0 radical (unpaired) electrons. The van der Waals surface area contributed by atoms with E-state index in [0.717, 1.165) is 11.3 Å². The minimum atomic E-state index is -4.57. The second-order valence-corrected chi connectivity index (χ2v) is 8.19. The number of alkyl halides is 2. The third-order valence-electron chi connectivity index (χ3n) is 3.61. The van der Waals surface area contributed by atoms with Crippen LogP contribution in [0.25, 0.3) is 11.3 Å². The van der Waals surface area contributed by atoms with Crippen molar-refractivity contribution in [1.29, 1.82) is 0 Å². The molecule has 0 saturated carbocycles. The summed E-state index contributed by atoms with van der Waals surface area (Å²) in [7, 11) is -2.69. The molecule has 1 aromatic heterocycles. The maximum atomic E-state index is 12.6. The standard InChI is InChI=1S/C17H14F2N2O2S2/c1-21-15(12-5-3-2-4-6-12)11-20-17(21)24-13-7-9-14(10-8-13)25(22,23)16(18)19/h2-11,16H,1H3. The van der Waals surface area contributed by atoms with Crippen molar-refractivity contribution in [2.45, 2.75) is 20.7 Å². The first-order chi connectivity index (χ1) is 11.9. The van der Waals surface area contributed by atoms with Crippen molar-refractivity contribution in [3.8, 4) is 11.3 Å². The SMILES string of the molecule is Cn1c(-c2ccccc2)cnc1Sc1ccc(S(=O)(=O)C(F)F)cc1. The number of nitrogens with zero attached hydrogens (tertiary/aromatic N) is 2. The van der Waals surface area contributed by atoms with Crippen molar-refractivity contribution in [3.05, 3.63) is 60.8 Å². The average Bonchev–Trinajstić information content (AvgIpc) is 2.97. The Balaban J connectivity index is 1.83. The summed E-state index contributed by atoms with van der Waals surface area (Å²) in [4.78, 5) is 4.69. The summed E-state index contributed by atoms with van der Waals surface area (Å²) in [5, 5.41) is 0.711. The van der Waals surface area contributed by atoms with Gasteiger partial charge >= 0.3 is 5.76 Å². The molecule has 0 atom stereocenters. The van der Waals surface area contributed by atoms with Gasteiger partial charge in [0.05, 0.1) is 16.8 Å². The molecule has 8 heteroatoms. The van der Waals surface area contributed by atoms with E-state index in [1.54, 1.807) is 6.20 Å². The minimum absolute atomic E-state index is 0.392. The number of imidazole rings is 1. The lowest BCUT2D eigenvalue weighted by Crippen LogP contribution is -2.11. The Morgan fingerprint density at radius 1 is 1.04 bits per heavy atom. The van der Waals surface area contributed by atoms with E-state index in [2.05, 4.69) is 4.98 Å². The first kappa shape index (κ1) is 17.6. The molecule has 130 valence electrons. The van der Waals surface area contributed by atoms with Crippen molar-refractivity contribution in [3.63, 3.8) is 0 Å². The molecule has 2 aromatic carbocycles. The van der Waals surface area contributed by atoms with Gasteiger partial charge in [0, 0.05) is 11.9 Å². The summed E-state index contributed by atoms with van der Waals surface area (Å²) in [5.41, 5.74) is 1.97. The molecule has 0 unspecified atom stereocenters. The summed E-state index contributed by atoms with van der Waals surface area (Å²) in [5.74, 6) is -3.42. The number of halogens is 2. The Labute approximate surface area is 148 Å². The van der Waals surface area contributed by atoms with Crippen LogP contribution in [0.3, 0.4) is 0 Å². The molecule has 0 aliphatic carbocycles. The average molecular weight is 380 g/mol. The van der Waals surface area contributed by atoms with Crippen molar-refractivity contribution >= 4 is 21.6 Å². The van der Waals surface area contributed by atoms with Crippen molar-refractivity contribution in [2.24, 2.45) is 7.05 Å². The molecular weight excluding hydrogens is 366 g/mol. The highest BCUT2D eigenvalue weighted by Crippen LogP contribution is 2.31. The second kappa shape index (κ2) is 6.97. The van der Waals surface area contributed by atoms with Crippen molar-refractivity contribution in [1.82, 2.24) is 9.55 Å². The van der Waals surface area contributed by atoms with Crippen molar-refractivity contribution < 1.29 is 17.2 Å². The van der Waals surface area contributed by atoms with E-state index in [1.165, 1.54) is 36.0 Å². The molecule has 1 heterocycles. The summed E-state index contributed by atoms with van der Waals surface area (Å²) in [6, 6.07) is 15.1. The Hall–Kier alpha value is -2.19. The third kappa shape index (κ3) is 3.59. The molecule has 0 aliphatic rings. The number of benzene rings is 2. The Bertz CT molecular complexity index is 970. The minimum Gasteiger partial charge on any atom is -0.322 e. The fourth-order valence-electron chi connectivity index (χ4n) is 2.27. The number of sulfone groups is 1. The van der Waals surface area contributed by atoms with Gasteiger partial charge in [-0.3, -0.25) is 0 Å². The van der Waals surface area contributed by atoms with Crippen LogP contribution in [0.5, 0.6) is 0 Å². The first-order valence-electron chi connectivity index (χ1n) is 7.26. The van der Waals surface area contributed by atoms with Gasteiger partial charge in [0.2, 0.25) is 9.84 Å². The topological polar surface area (TPSA) is 52.0 Å². The van der Waals surface area contributed by atoms with Crippen LogP contribution >= 0.6 is 11.8 Å². The van der Waals surface area contributed by atoms with Crippen LogP contribution in [0.1, 0.15) is 0 Å². The smallest absolute Gasteiger partial charge is 0.322 e. The van der Waals surface area contributed by atoms with Gasteiger partial charge in [0.1, 0.15) is 0 Å². The molecule has 0 aliphatic heterocycles. The quantitative estimate of drug-likeness (QED) is 0.665. The zero-order valence-corrected chi connectivity index (χ0v) is 14.8. The Morgan fingerprint density at radius 2 is 1.68 bits per heavy atom. The second-order valence-electron chi connectivity index (χ2n) is 5.23. The van der Waals surface area contributed by atoms with Gasteiger partial charge < -0.3 is 4.57 Å². The molecule has 0 N–H and O–H groups in total. The molecule has 25 heavy (non-hydrogen) atoms. The fraction of sp³-hybridized carbons (Fsp3) is 0.118. The fourth-order valence-corrected chi connectivity index (χ4v) is 3.82. The van der Waals surface area contributed by atoms with E-state index < -0.39 is 20.5 Å². The molecule has 0 saturated heterocycles. The van der Waals surface area contributed by atoms with Crippen LogP contribution in [0.4, 0.5) is 8.78 Å². The predicted molar refractivity (Wildman–Crippen MR) is 92.4 cm³/mol. The van der Waals surface area contributed by atoms with Crippen LogP contribution in [-0.2, 0) is 16.9 Å². The van der Waals surface area contributed by atoms with E-state index in [9.17, 15) is 17.2 Å². The first-order valence-corrected chi connectivity index (χ1v) is 9.63. The van der Waals surface area contributed by atoms with Gasteiger partial charge in [-0.05, 0) is 29.8 Å². The monoisotopic (exact) mass is 380 g/mol. The van der Waals surface area contributed by atoms with Crippen molar-refractivity contribution in [2.75, 3.05) is 0 Å². The van der Waals surface area contributed by atoms with Crippen LogP contribution < -0.4 is 0 Å². The highest BCUT2D eigenvalue weighted by Gasteiger charge is 2.26. The summed E-state index contributed by atoms with van der Waals surface area (Å²) < 4.78 is 49.9. The van der Waals surface area contributed by atoms with Crippen LogP contribution in [0, 0.1) is 0 Å². The molecular formula is C17H14F2N2O2S2. The third-order valence-corrected chi connectivity index (χ3v) is 6.08. The lowest BCUT2D eigenvalue weighted by molar-refractivity contribution is 0.234. The maximum absolute atomic E-state index is 12.6. The van der Waals surface area contributed by atoms with Gasteiger partial charge in [0.25, 0.3) is 0 Å². The van der Waals surface area contributed by atoms with Gasteiger partial charge in [0.15, 0.2) is 5.16 Å². The highest BCUT2D eigenvalue weighted by molar-refractivity contribution is 7.99. The molecule has 3 aromatic rings. The summed E-state index contributed by atoms with van der Waals surface area (Å²) >= 11 is 1.33. The highest BCUT2D eigenvalue weighted by atomic mass is 32.2. The molecule has 0 fully saturated rings. The van der Waals surface area contributed by atoms with Gasteiger partial charge in [-0.2, -0.15) is 8.78 Å². The summed E-state index contributed by atoms with van der Waals surface area (Å²) in [6.45, 7) is 0. The number of aromatic nitrogens is 2. The molecule has 0 bridgehead atoms. The molecule has 3 rings (SSSR count). The van der Waals surface area contributed by atoms with Crippen LogP contribution in [-0.4, -0.2) is 23.7 Å².